The van der Waals surface area contributed by atoms with E-state index >= 15 is 0 Å². The maximum Gasteiger partial charge on any atom is 0.0702 e. The molecule has 0 amide bonds. The van der Waals surface area contributed by atoms with E-state index in [0.717, 1.165) is 23.9 Å². The van der Waals surface area contributed by atoms with Gasteiger partial charge in [-0.1, -0.05) is 12.1 Å². The number of fused-ring (bicyclic) bond motifs is 1. The molecule has 1 fully saturated rings. The van der Waals surface area contributed by atoms with E-state index < -0.39 is 0 Å². The Morgan fingerprint density at radius 2 is 1.95 bits per heavy atom. The average Bonchev–Trinajstić information content (AvgIpc) is 2.53. The average molecular weight is 268 g/mol. The van der Waals surface area contributed by atoms with Gasteiger partial charge in [-0.05, 0) is 80.7 Å². The molecule has 0 radical (unpaired) electrons. The molecule has 1 aromatic carbocycles. The first-order chi connectivity index (χ1) is 9.86. The molecule has 0 saturated heterocycles. The Labute approximate surface area is 121 Å². The third-order valence-corrected chi connectivity index (χ3v) is 4.76. The van der Waals surface area contributed by atoms with Gasteiger partial charge < -0.3 is 5.73 Å². The van der Waals surface area contributed by atoms with Crippen molar-refractivity contribution < 1.29 is 0 Å². The van der Waals surface area contributed by atoms with Gasteiger partial charge in [-0.15, -0.1) is 0 Å². The molecule has 1 saturated carbocycles. The molecule has 20 heavy (non-hydrogen) atoms. The number of nitrogens with zero attached hydrogens (tertiary/aromatic N) is 1. The van der Waals surface area contributed by atoms with Gasteiger partial charge in [0.2, 0.25) is 0 Å². The maximum atomic E-state index is 5.61. The van der Waals surface area contributed by atoms with Crippen molar-refractivity contribution in [3.05, 3.63) is 42.1 Å². The Balaban J connectivity index is 1.67. The minimum atomic E-state index is 0.744. The lowest BCUT2D eigenvalue weighted by Gasteiger charge is -2.29. The van der Waals surface area contributed by atoms with Gasteiger partial charge in [-0.2, -0.15) is 0 Å². The second kappa shape index (κ2) is 6.36. The molecule has 1 aliphatic rings. The summed E-state index contributed by atoms with van der Waals surface area (Å²) in [7, 11) is 0. The first kappa shape index (κ1) is 13.6. The molecule has 2 nitrogen and oxygen atoms in total. The van der Waals surface area contributed by atoms with Crippen LogP contribution in [0.25, 0.3) is 10.9 Å². The number of hydrogen-bond donors (Lipinski definition) is 1. The van der Waals surface area contributed by atoms with Crippen LogP contribution < -0.4 is 5.73 Å². The van der Waals surface area contributed by atoms with Gasteiger partial charge in [0.15, 0.2) is 0 Å². The van der Waals surface area contributed by atoms with Gasteiger partial charge in [-0.25, -0.2) is 0 Å². The zero-order valence-electron chi connectivity index (χ0n) is 12.1. The molecule has 0 bridgehead atoms. The fourth-order valence-electron chi connectivity index (χ4n) is 3.54. The van der Waals surface area contributed by atoms with Gasteiger partial charge >= 0.3 is 0 Å². The van der Waals surface area contributed by atoms with Gasteiger partial charge in [0.05, 0.1) is 5.52 Å². The molecule has 1 aliphatic carbocycles. The Hall–Kier alpha value is -1.41. The number of aromatic nitrogens is 1. The second-order valence-electron chi connectivity index (χ2n) is 6.10. The van der Waals surface area contributed by atoms with Crippen molar-refractivity contribution in [2.75, 3.05) is 6.54 Å². The predicted octanol–water partition coefficient (Wildman–Crippen LogP) is 4.25. The van der Waals surface area contributed by atoms with Crippen LogP contribution in [0.5, 0.6) is 0 Å². The summed E-state index contributed by atoms with van der Waals surface area (Å²) in [5, 5.41) is 1.27. The van der Waals surface area contributed by atoms with Crippen molar-refractivity contribution in [3.8, 4) is 0 Å². The summed E-state index contributed by atoms with van der Waals surface area (Å²) in [6.45, 7) is 0.845. The van der Waals surface area contributed by atoms with E-state index in [9.17, 15) is 0 Å². The van der Waals surface area contributed by atoms with Crippen LogP contribution in [0, 0.1) is 5.92 Å². The van der Waals surface area contributed by atoms with Crippen molar-refractivity contribution in [1.82, 2.24) is 4.98 Å². The highest BCUT2D eigenvalue weighted by Gasteiger charge is 2.22. The van der Waals surface area contributed by atoms with Crippen LogP contribution in [0.1, 0.15) is 50.0 Å². The second-order valence-corrected chi connectivity index (χ2v) is 6.10. The SMILES string of the molecule is NCCCC1CCC(c2ccc3ncccc3c2)CC1. The summed E-state index contributed by atoms with van der Waals surface area (Å²) in [6, 6.07) is 11.0. The number of benzene rings is 1. The molecule has 1 heterocycles. The quantitative estimate of drug-likeness (QED) is 0.900. The molecule has 2 heteroatoms. The summed E-state index contributed by atoms with van der Waals surface area (Å²) < 4.78 is 0. The fraction of sp³-hybridized carbons (Fsp3) is 0.500. The Morgan fingerprint density at radius 3 is 2.75 bits per heavy atom. The summed E-state index contributed by atoms with van der Waals surface area (Å²) in [4.78, 5) is 4.40. The van der Waals surface area contributed by atoms with Crippen molar-refractivity contribution in [1.29, 1.82) is 0 Å². The first-order valence-electron chi connectivity index (χ1n) is 7.91. The zero-order chi connectivity index (χ0) is 13.8. The Kier molecular flexibility index (Phi) is 4.31. The van der Waals surface area contributed by atoms with Crippen LogP contribution in [-0.2, 0) is 0 Å². The van der Waals surface area contributed by atoms with Gasteiger partial charge in [0.25, 0.3) is 0 Å². The zero-order valence-corrected chi connectivity index (χ0v) is 12.1. The molecule has 0 spiro atoms. The molecule has 2 N–H and O–H groups in total. The van der Waals surface area contributed by atoms with Crippen LogP contribution in [0.15, 0.2) is 36.5 Å². The fourth-order valence-corrected chi connectivity index (χ4v) is 3.54. The van der Waals surface area contributed by atoms with E-state index in [1.807, 2.05) is 12.3 Å². The lowest BCUT2D eigenvalue weighted by Crippen LogP contribution is -2.14. The Morgan fingerprint density at radius 1 is 1.10 bits per heavy atom. The molecule has 3 rings (SSSR count). The van der Waals surface area contributed by atoms with Crippen LogP contribution >= 0.6 is 0 Å². The molecule has 0 aliphatic heterocycles. The minimum absolute atomic E-state index is 0.744. The monoisotopic (exact) mass is 268 g/mol. The summed E-state index contributed by atoms with van der Waals surface area (Å²) in [5.41, 5.74) is 8.22. The minimum Gasteiger partial charge on any atom is -0.330 e. The largest absolute Gasteiger partial charge is 0.330 e. The van der Waals surface area contributed by atoms with Crippen LogP contribution in [-0.4, -0.2) is 11.5 Å². The lowest BCUT2D eigenvalue weighted by molar-refractivity contribution is 0.306. The molecule has 1 aromatic heterocycles. The van der Waals surface area contributed by atoms with Crippen molar-refractivity contribution >= 4 is 10.9 Å². The highest BCUT2D eigenvalue weighted by molar-refractivity contribution is 5.79. The summed E-state index contributed by atoms with van der Waals surface area (Å²) in [6.07, 6.45) is 9.79. The Bertz CT molecular complexity index is 556. The molecular formula is C18H24N2. The number of nitrogens with two attached hydrogens (primary N) is 1. The number of hydrogen-bond acceptors (Lipinski definition) is 2. The summed E-state index contributed by atoms with van der Waals surface area (Å²) in [5.74, 6) is 1.66. The smallest absolute Gasteiger partial charge is 0.0702 e. The highest BCUT2D eigenvalue weighted by Crippen LogP contribution is 2.38. The van der Waals surface area contributed by atoms with Crippen molar-refractivity contribution in [2.24, 2.45) is 11.7 Å². The molecular weight excluding hydrogens is 244 g/mol. The highest BCUT2D eigenvalue weighted by atomic mass is 14.6. The van der Waals surface area contributed by atoms with Crippen molar-refractivity contribution in [2.45, 2.75) is 44.4 Å². The molecule has 106 valence electrons. The van der Waals surface area contributed by atoms with E-state index in [0.29, 0.717) is 0 Å². The standard InChI is InChI=1S/C18H24N2/c19-11-1-3-14-5-7-15(8-6-14)16-9-10-18-17(13-16)4-2-12-20-18/h2,4,9-10,12-15H,1,3,5-8,11,19H2. The third-order valence-electron chi connectivity index (χ3n) is 4.76. The molecule has 0 unspecified atom stereocenters. The predicted molar refractivity (Wildman–Crippen MR) is 84.7 cm³/mol. The van der Waals surface area contributed by atoms with E-state index in [4.69, 9.17) is 5.73 Å². The molecule has 2 aromatic rings. The lowest BCUT2D eigenvalue weighted by atomic mass is 9.77. The van der Waals surface area contributed by atoms with Crippen LogP contribution in [0.3, 0.4) is 0 Å². The van der Waals surface area contributed by atoms with E-state index in [1.54, 1.807) is 0 Å². The topological polar surface area (TPSA) is 38.9 Å². The van der Waals surface area contributed by atoms with Crippen LogP contribution in [0.4, 0.5) is 0 Å². The number of pyridine rings is 1. The van der Waals surface area contributed by atoms with E-state index in [2.05, 4.69) is 29.2 Å². The third kappa shape index (κ3) is 3.01. The van der Waals surface area contributed by atoms with Gasteiger partial charge in [0.1, 0.15) is 0 Å². The summed E-state index contributed by atoms with van der Waals surface area (Å²) >= 11 is 0. The number of rotatable bonds is 4. The first-order valence-corrected chi connectivity index (χ1v) is 7.91. The maximum absolute atomic E-state index is 5.61. The van der Waals surface area contributed by atoms with Crippen molar-refractivity contribution in [3.63, 3.8) is 0 Å². The van der Waals surface area contributed by atoms with Gasteiger partial charge in [-0.3, -0.25) is 4.98 Å². The normalized spacial score (nSPS) is 23.1. The molecule has 0 atom stereocenters. The van der Waals surface area contributed by atoms with E-state index in [-0.39, 0.29) is 0 Å². The van der Waals surface area contributed by atoms with E-state index in [1.165, 1.54) is 49.5 Å². The van der Waals surface area contributed by atoms with Gasteiger partial charge in [0, 0.05) is 11.6 Å². The van der Waals surface area contributed by atoms with Crippen LogP contribution in [0.2, 0.25) is 0 Å².